The van der Waals surface area contributed by atoms with E-state index in [0.29, 0.717) is 0 Å². The summed E-state index contributed by atoms with van der Waals surface area (Å²) in [7, 11) is 0. The summed E-state index contributed by atoms with van der Waals surface area (Å²) in [5.41, 5.74) is -0.0567. The monoisotopic (exact) mass is 140 g/mol. The number of hydrogen-bond donors (Lipinski definition) is 0. The molecule has 1 heterocycles. The molecule has 2 heteroatoms. The van der Waals surface area contributed by atoms with Gasteiger partial charge in [-0.25, -0.2) is 0 Å². The zero-order valence-electron chi connectivity index (χ0n) is 6.60. The van der Waals surface area contributed by atoms with Crippen LogP contribution >= 0.6 is 0 Å². The van der Waals surface area contributed by atoms with Crippen molar-refractivity contribution in [2.75, 3.05) is 0 Å². The van der Waals surface area contributed by atoms with Crippen molar-refractivity contribution in [3.05, 3.63) is 0 Å². The largest absolute Gasteiger partial charge is 0.459 e. The molecule has 0 amide bonds. The highest BCUT2D eigenvalue weighted by Gasteiger charge is 2.70. The molecular weight excluding hydrogens is 128 g/mol. The third-order valence-electron chi connectivity index (χ3n) is 3.25. The molecule has 56 valence electrons. The average molecular weight is 140 g/mol. The molecule has 2 aliphatic rings. The predicted octanol–water partition coefficient (Wildman–Crippen LogP) is 1.35. The van der Waals surface area contributed by atoms with Crippen LogP contribution in [0.2, 0.25) is 0 Å². The van der Waals surface area contributed by atoms with Gasteiger partial charge in [-0.1, -0.05) is 6.92 Å². The van der Waals surface area contributed by atoms with E-state index in [2.05, 4.69) is 6.92 Å². The van der Waals surface area contributed by atoms with E-state index in [9.17, 15) is 4.79 Å². The number of carbonyl (C=O) groups excluding carboxylic acids is 1. The lowest BCUT2D eigenvalue weighted by Crippen LogP contribution is -2.30. The molecule has 10 heavy (non-hydrogen) atoms. The van der Waals surface area contributed by atoms with Crippen LogP contribution in [0.5, 0.6) is 0 Å². The third kappa shape index (κ3) is 0.446. The molecule has 0 aromatic carbocycles. The van der Waals surface area contributed by atoms with Crippen LogP contribution in [-0.4, -0.2) is 11.6 Å². The number of rotatable bonds is 0. The van der Waals surface area contributed by atoms with Crippen molar-refractivity contribution in [3.63, 3.8) is 0 Å². The van der Waals surface area contributed by atoms with E-state index in [1.807, 2.05) is 13.8 Å². The lowest BCUT2D eigenvalue weighted by Gasteiger charge is -2.25. The first kappa shape index (κ1) is 6.20. The van der Waals surface area contributed by atoms with Gasteiger partial charge in [-0.05, 0) is 20.3 Å². The number of hydrogen-bond acceptors (Lipinski definition) is 2. The Morgan fingerprint density at radius 3 is 2.20 bits per heavy atom. The molecule has 1 saturated carbocycles. The summed E-state index contributed by atoms with van der Waals surface area (Å²) in [5.74, 6) is 0.218. The van der Waals surface area contributed by atoms with Crippen LogP contribution in [0.4, 0.5) is 0 Å². The molecule has 1 saturated heterocycles. The fourth-order valence-electron chi connectivity index (χ4n) is 1.81. The van der Waals surface area contributed by atoms with Crippen LogP contribution in [0.1, 0.15) is 27.2 Å². The topological polar surface area (TPSA) is 26.3 Å². The van der Waals surface area contributed by atoms with E-state index in [4.69, 9.17) is 4.74 Å². The zero-order valence-corrected chi connectivity index (χ0v) is 6.60. The van der Waals surface area contributed by atoms with E-state index >= 15 is 0 Å². The Bertz CT molecular complexity index is 205. The Hall–Kier alpha value is -0.530. The maximum Gasteiger partial charge on any atom is 0.310 e. The van der Waals surface area contributed by atoms with Crippen molar-refractivity contribution >= 4 is 5.97 Å². The van der Waals surface area contributed by atoms with Crippen molar-refractivity contribution in [2.24, 2.45) is 11.3 Å². The molecule has 2 nitrogen and oxygen atoms in total. The van der Waals surface area contributed by atoms with Gasteiger partial charge in [0.15, 0.2) is 0 Å². The normalized spacial score (nSPS) is 48.3. The average Bonchev–Trinajstić information content (AvgIpc) is 2.37. The minimum Gasteiger partial charge on any atom is -0.459 e. The van der Waals surface area contributed by atoms with Gasteiger partial charge >= 0.3 is 5.97 Å². The summed E-state index contributed by atoms with van der Waals surface area (Å²) < 4.78 is 5.17. The third-order valence-corrected chi connectivity index (χ3v) is 3.25. The molecule has 2 rings (SSSR count). The van der Waals surface area contributed by atoms with Crippen LogP contribution in [-0.2, 0) is 9.53 Å². The van der Waals surface area contributed by atoms with Gasteiger partial charge in [0.1, 0.15) is 5.60 Å². The highest BCUT2D eigenvalue weighted by atomic mass is 16.6. The van der Waals surface area contributed by atoms with E-state index in [-0.39, 0.29) is 22.9 Å². The SMILES string of the molecule is CC1(C)OC(=O)[C@H]2C[C@@]21C. The summed E-state index contributed by atoms with van der Waals surface area (Å²) in [6.07, 6.45) is 1.03. The minimum absolute atomic E-state index is 0.00694. The van der Waals surface area contributed by atoms with E-state index < -0.39 is 0 Å². The Labute approximate surface area is 60.6 Å². The second-order valence-corrected chi connectivity index (χ2v) is 4.11. The van der Waals surface area contributed by atoms with Crippen LogP contribution in [0.15, 0.2) is 0 Å². The predicted molar refractivity (Wildman–Crippen MR) is 36.4 cm³/mol. The van der Waals surface area contributed by atoms with Crippen molar-refractivity contribution < 1.29 is 9.53 Å². The first-order chi connectivity index (χ1) is 4.47. The number of ether oxygens (including phenoxy) is 1. The lowest BCUT2D eigenvalue weighted by atomic mass is 9.89. The lowest BCUT2D eigenvalue weighted by molar-refractivity contribution is -0.152. The molecule has 0 spiro atoms. The van der Waals surface area contributed by atoms with E-state index in [1.54, 1.807) is 0 Å². The van der Waals surface area contributed by atoms with Gasteiger partial charge in [0.25, 0.3) is 0 Å². The molecule has 0 N–H and O–H groups in total. The molecule has 1 aliphatic heterocycles. The smallest absolute Gasteiger partial charge is 0.310 e. The van der Waals surface area contributed by atoms with Crippen molar-refractivity contribution in [1.29, 1.82) is 0 Å². The van der Waals surface area contributed by atoms with Gasteiger partial charge in [-0.3, -0.25) is 4.79 Å². The molecule has 0 radical (unpaired) electrons. The van der Waals surface area contributed by atoms with Crippen LogP contribution in [0.25, 0.3) is 0 Å². The first-order valence-corrected chi connectivity index (χ1v) is 3.70. The van der Waals surface area contributed by atoms with Gasteiger partial charge < -0.3 is 4.74 Å². The number of esters is 1. The van der Waals surface area contributed by atoms with Gasteiger partial charge in [-0.15, -0.1) is 0 Å². The summed E-state index contributed by atoms with van der Waals surface area (Å²) in [6.45, 7) is 6.12. The quantitative estimate of drug-likeness (QED) is 0.475. The molecule has 2 fully saturated rings. The summed E-state index contributed by atoms with van der Waals surface area (Å²) in [6, 6.07) is 0. The Morgan fingerprint density at radius 2 is 2.10 bits per heavy atom. The number of carbonyl (C=O) groups is 1. The van der Waals surface area contributed by atoms with Crippen molar-refractivity contribution in [1.82, 2.24) is 0 Å². The molecule has 0 aromatic heterocycles. The molecule has 1 aliphatic carbocycles. The number of fused-ring (bicyclic) bond motifs is 1. The van der Waals surface area contributed by atoms with Crippen molar-refractivity contribution in [3.8, 4) is 0 Å². The highest BCUT2D eigenvalue weighted by Crippen LogP contribution is 2.65. The van der Waals surface area contributed by atoms with Gasteiger partial charge in [0.05, 0.1) is 5.92 Å². The van der Waals surface area contributed by atoms with E-state index in [1.165, 1.54) is 0 Å². The van der Waals surface area contributed by atoms with E-state index in [0.717, 1.165) is 6.42 Å². The highest BCUT2D eigenvalue weighted by molar-refractivity contribution is 5.81. The standard InChI is InChI=1S/C8H12O2/c1-7(2)8(3)4-5(8)6(9)10-7/h5H,4H2,1-3H3/t5-,8+/m1/s1. The Balaban J connectivity index is 2.37. The maximum absolute atomic E-state index is 11.0. The van der Waals surface area contributed by atoms with Gasteiger partial charge in [0.2, 0.25) is 0 Å². The summed E-state index contributed by atoms with van der Waals surface area (Å²) in [5, 5.41) is 0. The maximum atomic E-state index is 11.0. The summed E-state index contributed by atoms with van der Waals surface area (Å²) in [4.78, 5) is 11.0. The molecular formula is C8H12O2. The summed E-state index contributed by atoms with van der Waals surface area (Å²) >= 11 is 0. The minimum atomic E-state index is -0.214. The fourth-order valence-corrected chi connectivity index (χ4v) is 1.81. The Morgan fingerprint density at radius 1 is 1.50 bits per heavy atom. The molecule has 0 bridgehead atoms. The van der Waals surface area contributed by atoms with Gasteiger partial charge in [-0.2, -0.15) is 0 Å². The van der Waals surface area contributed by atoms with Crippen LogP contribution in [0, 0.1) is 11.3 Å². The Kier molecular flexibility index (Phi) is 0.773. The second-order valence-electron chi connectivity index (χ2n) is 4.11. The number of cyclic esters (lactones) is 1. The zero-order chi connectivity index (χ0) is 7.57. The molecule has 0 aromatic rings. The first-order valence-electron chi connectivity index (χ1n) is 3.70. The molecule has 2 atom stereocenters. The molecule has 0 unspecified atom stereocenters. The fraction of sp³-hybridized carbons (Fsp3) is 0.875. The van der Waals surface area contributed by atoms with Crippen LogP contribution < -0.4 is 0 Å². The van der Waals surface area contributed by atoms with Crippen molar-refractivity contribution in [2.45, 2.75) is 32.8 Å². The second kappa shape index (κ2) is 1.25. The van der Waals surface area contributed by atoms with Gasteiger partial charge in [0, 0.05) is 5.41 Å². The van der Waals surface area contributed by atoms with Crippen LogP contribution in [0.3, 0.4) is 0 Å².